The van der Waals surface area contributed by atoms with E-state index >= 15 is 0 Å². The van der Waals surface area contributed by atoms with E-state index in [-0.39, 0.29) is 22.1 Å². The second-order valence-corrected chi connectivity index (χ2v) is 8.65. The standard InChI is InChI=1S/C21H26N2O4S/c1-4-23(5-2)28(25,26)20-14-17(10-12-19(20)27-3)21(24)22-18-11-9-15-7-6-8-16(15)13-18/h9-14H,4-8H2,1-3H3,(H,22,24). The van der Waals surface area contributed by atoms with Crippen molar-refractivity contribution in [1.29, 1.82) is 0 Å². The van der Waals surface area contributed by atoms with E-state index in [9.17, 15) is 13.2 Å². The number of rotatable bonds is 7. The topological polar surface area (TPSA) is 75.7 Å². The maximum atomic E-state index is 12.9. The first-order valence-electron chi connectivity index (χ1n) is 9.52. The van der Waals surface area contributed by atoms with Crippen molar-refractivity contribution in [2.24, 2.45) is 0 Å². The average molecular weight is 403 g/mol. The van der Waals surface area contributed by atoms with Crippen molar-refractivity contribution in [2.75, 3.05) is 25.5 Å². The highest BCUT2D eigenvalue weighted by atomic mass is 32.2. The molecule has 0 aliphatic heterocycles. The second kappa shape index (κ2) is 8.32. The minimum atomic E-state index is -3.75. The van der Waals surface area contributed by atoms with Crippen molar-refractivity contribution in [3.05, 3.63) is 53.1 Å². The highest BCUT2D eigenvalue weighted by molar-refractivity contribution is 7.89. The minimum absolute atomic E-state index is 0.000281. The van der Waals surface area contributed by atoms with Crippen LogP contribution in [0, 0.1) is 0 Å². The molecule has 7 heteroatoms. The highest BCUT2D eigenvalue weighted by Crippen LogP contribution is 2.29. The van der Waals surface area contributed by atoms with Crippen molar-refractivity contribution in [1.82, 2.24) is 4.31 Å². The molecule has 1 aliphatic carbocycles. The first-order valence-corrected chi connectivity index (χ1v) is 11.0. The lowest BCUT2D eigenvalue weighted by Crippen LogP contribution is -2.31. The van der Waals surface area contributed by atoms with Crippen LogP contribution in [0.3, 0.4) is 0 Å². The van der Waals surface area contributed by atoms with E-state index in [1.165, 1.54) is 34.7 Å². The fourth-order valence-corrected chi connectivity index (χ4v) is 5.21. The molecule has 0 bridgehead atoms. The highest BCUT2D eigenvalue weighted by Gasteiger charge is 2.27. The van der Waals surface area contributed by atoms with Gasteiger partial charge in [0.1, 0.15) is 10.6 Å². The summed E-state index contributed by atoms with van der Waals surface area (Å²) in [6.07, 6.45) is 3.24. The van der Waals surface area contributed by atoms with Crippen LogP contribution in [0.15, 0.2) is 41.3 Å². The Morgan fingerprint density at radius 3 is 2.46 bits per heavy atom. The molecule has 28 heavy (non-hydrogen) atoms. The first kappa shape index (κ1) is 20.4. The van der Waals surface area contributed by atoms with Crippen LogP contribution in [-0.4, -0.2) is 38.8 Å². The van der Waals surface area contributed by atoms with Crippen LogP contribution in [0.2, 0.25) is 0 Å². The monoisotopic (exact) mass is 402 g/mol. The van der Waals surface area contributed by atoms with Gasteiger partial charge in [-0.05, 0) is 60.7 Å². The molecule has 0 atom stereocenters. The fourth-order valence-electron chi connectivity index (χ4n) is 3.57. The van der Waals surface area contributed by atoms with E-state index < -0.39 is 10.0 Å². The Morgan fingerprint density at radius 1 is 1.07 bits per heavy atom. The van der Waals surface area contributed by atoms with Gasteiger partial charge in [-0.15, -0.1) is 0 Å². The Morgan fingerprint density at radius 2 is 1.79 bits per heavy atom. The van der Waals surface area contributed by atoms with Crippen LogP contribution in [0.25, 0.3) is 0 Å². The first-order chi connectivity index (χ1) is 13.4. The summed E-state index contributed by atoms with van der Waals surface area (Å²) >= 11 is 0. The van der Waals surface area contributed by atoms with Crippen molar-refractivity contribution >= 4 is 21.6 Å². The summed E-state index contributed by atoms with van der Waals surface area (Å²) < 4.78 is 32.5. The van der Waals surface area contributed by atoms with Gasteiger partial charge in [-0.1, -0.05) is 19.9 Å². The number of sulfonamides is 1. The molecule has 1 amide bonds. The van der Waals surface area contributed by atoms with Gasteiger partial charge in [-0.25, -0.2) is 8.42 Å². The van der Waals surface area contributed by atoms with Gasteiger partial charge in [0.2, 0.25) is 10.0 Å². The molecule has 2 aromatic carbocycles. The third-order valence-electron chi connectivity index (χ3n) is 5.11. The summed E-state index contributed by atoms with van der Waals surface area (Å²) in [4.78, 5) is 12.7. The number of anilines is 1. The molecule has 1 N–H and O–H groups in total. The molecule has 0 radical (unpaired) electrons. The number of amides is 1. The average Bonchev–Trinajstić information content (AvgIpc) is 3.16. The Hall–Kier alpha value is -2.38. The zero-order valence-electron chi connectivity index (χ0n) is 16.5. The van der Waals surface area contributed by atoms with Crippen molar-refractivity contribution in [2.45, 2.75) is 38.0 Å². The number of hydrogen-bond acceptors (Lipinski definition) is 4. The summed E-state index contributed by atoms with van der Waals surface area (Å²) in [6.45, 7) is 4.23. The van der Waals surface area contributed by atoms with E-state index in [2.05, 4.69) is 5.32 Å². The molecule has 0 heterocycles. The van der Waals surface area contributed by atoms with Crippen molar-refractivity contribution < 1.29 is 17.9 Å². The molecule has 0 aromatic heterocycles. The Balaban J connectivity index is 1.91. The second-order valence-electron chi connectivity index (χ2n) is 6.75. The summed E-state index contributed by atoms with van der Waals surface area (Å²) in [6, 6.07) is 10.4. The van der Waals surface area contributed by atoms with Crippen molar-refractivity contribution in [3.63, 3.8) is 0 Å². The normalized spacial score (nSPS) is 13.4. The predicted octanol–water partition coefficient (Wildman–Crippen LogP) is 3.47. The number of carbonyl (C=O) groups excluding carboxylic acids is 1. The van der Waals surface area contributed by atoms with Crippen LogP contribution in [-0.2, 0) is 22.9 Å². The Bertz CT molecular complexity index is 982. The van der Waals surface area contributed by atoms with Crippen molar-refractivity contribution in [3.8, 4) is 5.75 Å². The largest absolute Gasteiger partial charge is 0.495 e. The number of nitrogens with one attached hydrogen (secondary N) is 1. The molecule has 1 aliphatic rings. The number of nitrogens with zero attached hydrogens (tertiary/aromatic N) is 1. The lowest BCUT2D eigenvalue weighted by Gasteiger charge is -2.20. The molecule has 6 nitrogen and oxygen atoms in total. The lowest BCUT2D eigenvalue weighted by atomic mass is 10.1. The SMILES string of the molecule is CCN(CC)S(=O)(=O)c1cc(C(=O)Nc2ccc3c(c2)CCC3)ccc1OC. The molecule has 0 spiro atoms. The Kier molecular flexibility index (Phi) is 6.05. The number of carbonyl (C=O) groups is 1. The van der Waals surface area contributed by atoms with Gasteiger partial charge in [0, 0.05) is 24.3 Å². The van der Waals surface area contributed by atoms with Gasteiger partial charge >= 0.3 is 0 Å². The molecule has 0 saturated carbocycles. The number of ether oxygens (including phenoxy) is 1. The molecule has 150 valence electrons. The number of aryl methyl sites for hydroxylation is 2. The van der Waals surface area contributed by atoms with Gasteiger partial charge in [-0.2, -0.15) is 4.31 Å². The van der Waals surface area contributed by atoms with E-state index in [4.69, 9.17) is 4.74 Å². The van der Waals surface area contributed by atoms with E-state index in [1.54, 1.807) is 19.9 Å². The summed E-state index contributed by atoms with van der Waals surface area (Å²) in [5.41, 5.74) is 3.58. The summed E-state index contributed by atoms with van der Waals surface area (Å²) in [7, 11) is -2.33. The predicted molar refractivity (Wildman–Crippen MR) is 110 cm³/mol. The van der Waals surface area contributed by atoms with Gasteiger partial charge in [0.25, 0.3) is 5.91 Å². The van der Waals surface area contributed by atoms with Crippen LogP contribution in [0.1, 0.15) is 41.8 Å². The lowest BCUT2D eigenvalue weighted by molar-refractivity contribution is 0.102. The molecule has 0 fully saturated rings. The third-order valence-corrected chi connectivity index (χ3v) is 7.18. The molecular formula is C21H26N2O4S. The van der Waals surface area contributed by atoms with Crippen LogP contribution < -0.4 is 10.1 Å². The van der Waals surface area contributed by atoms with Gasteiger partial charge in [0.05, 0.1) is 7.11 Å². The van der Waals surface area contributed by atoms with Crippen LogP contribution in [0.5, 0.6) is 5.75 Å². The van der Waals surface area contributed by atoms with Gasteiger partial charge in [0.15, 0.2) is 0 Å². The van der Waals surface area contributed by atoms with E-state index in [0.717, 1.165) is 24.9 Å². The quantitative estimate of drug-likeness (QED) is 0.769. The smallest absolute Gasteiger partial charge is 0.255 e. The number of fused-ring (bicyclic) bond motifs is 1. The van der Waals surface area contributed by atoms with Gasteiger partial charge in [-0.3, -0.25) is 4.79 Å². The maximum Gasteiger partial charge on any atom is 0.255 e. The maximum absolute atomic E-state index is 12.9. The number of methoxy groups -OCH3 is 1. The molecule has 0 unspecified atom stereocenters. The zero-order valence-corrected chi connectivity index (χ0v) is 17.3. The van der Waals surface area contributed by atoms with Gasteiger partial charge < -0.3 is 10.1 Å². The van der Waals surface area contributed by atoms with Crippen LogP contribution >= 0.6 is 0 Å². The molecule has 2 aromatic rings. The van der Waals surface area contributed by atoms with E-state index in [1.807, 2.05) is 18.2 Å². The molecular weight excluding hydrogens is 376 g/mol. The minimum Gasteiger partial charge on any atom is -0.495 e. The molecule has 0 saturated heterocycles. The van der Waals surface area contributed by atoms with Crippen LogP contribution in [0.4, 0.5) is 5.69 Å². The fraction of sp³-hybridized carbons (Fsp3) is 0.381. The number of benzene rings is 2. The van der Waals surface area contributed by atoms with E-state index in [0.29, 0.717) is 13.1 Å². The summed E-state index contributed by atoms with van der Waals surface area (Å²) in [5.74, 6) is -0.127. The zero-order chi connectivity index (χ0) is 20.3. The summed E-state index contributed by atoms with van der Waals surface area (Å²) in [5, 5.41) is 2.87. The Labute approximate surface area is 166 Å². The molecule has 3 rings (SSSR count). The number of hydrogen-bond donors (Lipinski definition) is 1. The third kappa shape index (κ3) is 3.91.